The molecule has 132 valence electrons. The summed E-state index contributed by atoms with van der Waals surface area (Å²) >= 11 is 0. The second-order valence-electron chi connectivity index (χ2n) is 6.99. The molecule has 0 amide bonds. The minimum atomic E-state index is 1.08. The Labute approximate surface area is 148 Å². The molecule has 1 heterocycles. The molecule has 0 unspecified atom stereocenters. The van der Waals surface area contributed by atoms with E-state index in [4.69, 9.17) is 0 Å². The fraction of sp³-hybridized carbons (Fsp3) is 0.591. The van der Waals surface area contributed by atoms with Gasteiger partial charge < -0.3 is 4.57 Å². The predicted octanol–water partition coefficient (Wildman–Crippen LogP) is 6.78. The van der Waals surface area contributed by atoms with E-state index in [0.717, 1.165) is 12.4 Å². The Bertz CT molecular complexity index is 554. The molecule has 0 spiro atoms. The Hall–Kier alpha value is -1.57. The van der Waals surface area contributed by atoms with Crippen LogP contribution in [0.15, 0.2) is 36.7 Å². The summed E-state index contributed by atoms with van der Waals surface area (Å²) in [5.41, 5.74) is 2.52. The van der Waals surface area contributed by atoms with Crippen LogP contribution in [0.2, 0.25) is 0 Å². The second kappa shape index (κ2) is 11.1. The fourth-order valence-corrected chi connectivity index (χ4v) is 3.22. The summed E-state index contributed by atoms with van der Waals surface area (Å²) in [6, 6.07) is 8.67. The molecular weight excluding hydrogens is 292 g/mol. The van der Waals surface area contributed by atoms with E-state index in [2.05, 4.69) is 53.9 Å². The second-order valence-corrected chi connectivity index (χ2v) is 6.99. The number of rotatable bonds is 12. The van der Waals surface area contributed by atoms with Crippen molar-refractivity contribution in [2.75, 3.05) is 0 Å². The summed E-state index contributed by atoms with van der Waals surface area (Å²) in [5.74, 6) is 1.10. The molecule has 0 N–H and O–H groups in total. The van der Waals surface area contributed by atoms with Gasteiger partial charge in [-0.15, -0.1) is 0 Å². The van der Waals surface area contributed by atoms with Gasteiger partial charge in [-0.2, -0.15) is 0 Å². The van der Waals surface area contributed by atoms with Crippen molar-refractivity contribution >= 4 is 0 Å². The van der Waals surface area contributed by atoms with Crippen LogP contribution in [-0.2, 0) is 6.54 Å². The maximum Gasteiger partial charge on any atom is 0.139 e. The monoisotopic (exact) mass is 326 g/mol. The van der Waals surface area contributed by atoms with Gasteiger partial charge in [-0.3, -0.25) is 0 Å². The summed E-state index contributed by atoms with van der Waals surface area (Å²) < 4.78 is 2.30. The topological polar surface area (TPSA) is 17.8 Å². The van der Waals surface area contributed by atoms with Gasteiger partial charge in [0.1, 0.15) is 5.82 Å². The van der Waals surface area contributed by atoms with E-state index in [1.165, 1.54) is 75.3 Å². The minimum Gasteiger partial charge on any atom is -0.331 e. The van der Waals surface area contributed by atoms with Crippen molar-refractivity contribution in [1.82, 2.24) is 9.55 Å². The number of aryl methyl sites for hydroxylation is 2. The summed E-state index contributed by atoms with van der Waals surface area (Å²) in [6.45, 7) is 5.49. The first-order valence-electron chi connectivity index (χ1n) is 9.89. The molecule has 0 aliphatic carbocycles. The van der Waals surface area contributed by atoms with E-state index in [1.807, 2.05) is 6.20 Å². The summed E-state index contributed by atoms with van der Waals surface area (Å²) in [6.07, 6.45) is 17.9. The molecule has 0 fully saturated rings. The SMILES string of the molecule is CCCCCCCCCCCCn1ccnc1-c1ccc(C)cc1. The molecule has 2 nitrogen and oxygen atoms in total. The molecule has 2 heteroatoms. The highest BCUT2D eigenvalue weighted by Gasteiger charge is 2.05. The number of aromatic nitrogens is 2. The lowest BCUT2D eigenvalue weighted by Gasteiger charge is -2.08. The standard InChI is InChI=1S/C22H34N2/c1-3-4-5-6-7-8-9-10-11-12-18-24-19-17-23-22(24)21-15-13-20(2)14-16-21/h13-17,19H,3-12,18H2,1-2H3. The number of hydrogen-bond donors (Lipinski definition) is 0. The first-order valence-corrected chi connectivity index (χ1v) is 9.89. The smallest absolute Gasteiger partial charge is 0.139 e. The predicted molar refractivity (Wildman–Crippen MR) is 104 cm³/mol. The van der Waals surface area contributed by atoms with E-state index >= 15 is 0 Å². The molecule has 1 aromatic carbocycles. The molecule has 0 radical (unpaired) electrons. The van der Waals surface area contributed by atoms with Crippen molar-refractivity contribution in [3.05, 3.63) is 42.2 Å². The van der Waals surface area contributed by atoms with Crippen LogP contribution < -0.4 is 0 Å². The Morgan fingerprint density at radius 2 is 1.38 bits per heavy atom. The minimum absolute atomic E-state index is 1.08. The van der Waals surface area contributed by atoms with Gasteiger partial charge in [0.15, 0.2) is 0 Å². The Kier molecular flexibility index (Phi) is 8.65. The summed E-state index contributed by atoms with van der Waals surface area (Å²) in [4.78, 5) is 4.54. The molecule has 1 aromatic heterocycles. The van der Waals surface area contributed by atoms with E-state index in [9.17, 15) is 0 Å². The van der Waals surface area contributed by atoms with Crippen molar-refractivity contribution in [2.45, 2.75) is 84.6 Å². The van der Waals surface area contributed by atoms with Crippen molar-refractivity contribution in [2.24, 2.45) is 0 Å². The quantitative estimate of drug-likeness (QED) is 0.393. The van der Waals surface area contributed by atoms with Crippen molar-refractivity contribution in [1.29, 1.82) is 0 Å². The van der Waals surface area contributed by atoms with Crippen LogP contribution >= 0.6 is 0 Å². The van der Waals surface area contributed by atoms with Crippen LogP contribution in [-0.4, -0.2) is 9.55 Å². The zero-order valence-corrected chi connectivity index (χ0v) is 15.6. The molecule has 0 aliphatic heterocycles. The normalized spacial score (nSPS) is 11.1. The summed E-state index contributed by atoms with van der Waals surface area (Å²) in [5, 5.41) is 0. The van der Waals surface area contributed by atoms with Crippen LogP contribution in [0.4, 0.5) is 0 Å². The van der Waals surface area contributed by atoms with E-state index in [-0.39, 0.29) is 0 Å². The van der Waals surface area contributed by atoms with Crippen LogP contribution in [0, 0.1) is 6.92 Å². The van der Waals surface area contributed by atoms with Gasteiger partial charge >= 0.3 is 0 Å². The lowest BCUT2D eigenvalue weighted by molar-refractivity contribution is 0.536. The van der Waals surface area contributed by atoms with Crippen molar-refractivity contribution < 1.29 is 0 Å². The van der Waals surface area contributed by atoms with Crippen LogP contribution in [0.1, 0.15) is 76.7 Å². The first kappa shape index (κ1) is 18.8. The van der Waals surface area contributed by atoms with Gasteiger partial charge in [-0.1, -0.05) is 94.5 Å². The highest BCUT2D eigenvalue weighted by atomic mass is 15.1. The number of benzene rings is 1. The average molecular weight is 327 g/mol. The molecule has 2 rings (SSSR count). The first-order chi connectivity index (χ1) is 11.8. The highest BCUT2D eigenvalue weighted by molar-refractivity contribution is 5.55. The van der Waals surface area contributed by atoms with Crippen LogP contribution in [0.5, 0.6) is 0 Å². The molecule has 0 saturated carbocycles. The van der Waals surface area contributed by atoms with Crippen molar-refractivity contribution in [3.63, 3.8) is 0 Å². The maximum atomic E-state index is 4.54. The molecule has 0 saturated heterocycles. The highest BCUT2D eigenvalue weighted by Crippen LogP contribution is 2.19. The van der Waals surface area contributed by atoms with E-state index < -0.39 is 0 Å². The number of nitrogens with zero attached hydrogens (tertiary/aromatic N) is 2. The third-order valence-corrected chi connectivity index (χ3v) is 4.78. The number of unbranched alkanes of at least 4 members (excludes halogenated alkanes) is 9. The lowest BCUT2D eigenvalue weighted by Crippen LogP contribution is -1.99. The fourth-order valence-electron chi connectivity index (χ4n) is 3.22. The van der Waals surface area contributed by atoms with Gasteiger partial charge in [0.05, 0.1) is 0 Å². The third kappa shape index (κ3) is 6.51. The lowest BCUT2D eigenvalue weighted by atomic mass is 10.1. The van der Waals surface area contributed by atoms with Crippen LogP contribution in [0.25, 0.3) is 11.4 Å². The third-order valence-electron chi connectivity index (χ3n) is 4.78. The Morgan fingerprint density at radius 1 is 0.792 bits per heavy atom. The zero-order valence-electron chi connectivity index (χ0n) is 15.6. The van der Waals surface area contributed by atoms with Gasteiger partial charge in [-0.25, -0.2) is 4.98 Å². The molecule has 2 aromatic rings. The maximum absolute atomic E-state index is 4.54. The van der Waals surface area contributed by atoms with Gasteiger partial charge in [0, 0.05) is 24.5 Å². The molecular formula is C22H34N2. The number of imidazole rings is 1. The van der Waals surface area contributed by atoms with Gasteiger partial charge in [0.2, 0.25) is 0 Å². The summed E-state index contributed by atoms with van der Waals surface area (Å²) in [7, 11) is 0. The molecule has 0 aliphatic rings. The van der Waals surface area contributed by atoms with Crippen molar-refractivity contribution in [3.8, 4) is 11.4 Å². The zero-order chi connectivity index (χ0) is 17.0. The van der Waals surface area contributed by atoms with Gasteiger partial charge in [0.25, 0.3) is 0 Å². The molecule has 0 atom stereocenters. The molecule has 0 bridgehead atoms. The Balaban J connectivity index is 1.62. The number of hydrogen-bond acceptors (Lipinski definition) is 1. The van der Waals surface area contributed by atoms with Crippen LogP contribution in [0.3, 0.4) is 0 Å². The van der Waals surface area contributed by atoms with E-state index in [0.29, 0.717) is 0 Å². The Morgan fingerprint density at radius 3 is 2.00 bits per heavy atom. The van der Waals surface area contributed by atoms with E-state index in [1.54, 1.807) is 0 Å². The van der Waals surface area contributed by atoms with Gasteiger partial charge in [-0.05, 0) is 13.3 Å². The largest absolute Gasteiger partial charge is 0.331 e. The molecule has 24 heavy (non-hydrogen) atoms. The average Bonchev–Trinajstić information content (AvgIpc) is 3.06.